The molecule has 0 unspecified atom stereocenters. The van der Waals surface area contributed by atoms with Crippen LogP contribution in [0.25, 0.3) is 56.3 Å². The van der Waals surface area contributed by atoms with E-state index in [1.165, 1.54) is 0 Å². The molecule has 0 saturated heterocycles. The molecule has 6 aromatic heterocycles. The number of rotatable bonds is 2. The monoisotopic (exact) mass is 353 g/mol. The zero-order valence-corrected chi connectivity index (χ0v) is 13.8. The van der Waals surface area contributed by atoms with Crippen LogP contribution in [0.2, 0.25) is 0 Å². The number of aromatic amines is 2. The fourth-order valence-electron chi connectivity index (χ4n) is 3.12. The minimum Gasteiger partial charge on any atom is -0.445 e. The SMILES string of the molecule is c1cnc2[nH]c(-c3ccc4nc(-c5cnc6ccoc6n5)[nH]c4n3)cc2c1. The van der Waals surface area contributed by atoms with E-state index in [9.17, 15) is 0 Å². The second-order valence-electron chi connectivity index (χ2n) is 6.14. The van der Waals surface area contributed by atoms with Crippen LogP contribution in [-0.4, -0.2) is 34.9 Å². The number of fused-ring (bicyclic) bond motifs is 3. The number of nitrogens with zero attached hydrogens (tertiary/aromatic N) is 5. The molecule has 2 N–H and O–H groups in total. The minimum atomic E-state index is 0.479. The van der Waals surface area contributed by atoms with Crippen molar-refractivity contribution in [1.82, 2.24) is 34.9 Å². The first-order valence-electron chi connectivity index (χ1n) is 8.35. The zero-order chi connectivity index (χ0) is 17.8. The molecule has 0 radical (unpaired) electrons. The molecule has 6 rings (SSSR count). The maximum Gasteiger partial charge on any atom is 0.245 e. The Labute approximate surface area is 151 Å². The molecule has 6 aromatic rings. The number of furan rings is 1. The first-order valence-corrected chi connectivity index (χ1v) is 8.35. The summed E-state index contributed by atoms with van der Waals surface area (Å²) in [7, 11) is 0. The molecule has 0 aromatic carbocycles. The number of hydrogen-bond donors (Lipinski definition) is 2. The predicted octanol–water partition coefficient (Wildman–Crippen LogP) is 3.70. The molecule has 8 heteroatoms. The molecular weight excluding hydrogens is 342 g/mol. The Balaban J connectivity index is 1.46. The summed E-state index contributed by atoms with van der Waals surface area (Å²) in [5.41, 5.74) is 5.77. The zero-order valence-electron chi connectivity index (χ0n) is 13.8. The molecule has 8 nitrogen and oxygen atoms in total. The summed E-state index contributed by atoms with van der Waals surface area (Å²) in [5, 5.41) is 1.04. The van der Waals surface area contributed by atoms with Crippen LogP contribution in [-0.2, 0) is 0 Å². The molecule has 6 heterocycles. The van der Waals surface area contributed by atoms with Gasteiger partial charge < -0.3 is 14.4 Å². The molecule has 0 aliphatic carbocycles. The van der Waals surface area contributed by atoms with Gasteiger partial charge in [0.25, 0.3) is 0 Å². The smallest absolute Gasteiger partial charge is 0.245 e. The Morgan fingerprint density at radius 2 is 1.81 bits per heavy atom. The maximum absolute atomic E-state index is 5.32. The standard InChI is InChI=1S/C19H11N7O/c1-2-10-8-14(24-16(10)20-6-1)11-3-4-12-17(22-11)26-18(23-12)15-9-21-13-5-7-27-19(13)25-15/h1-9H,(H,20,24)(H,22,23,26). The van der Waals surface area contributed by atoms with E-state index in [1.807, 2.05) is 30.3 Å². The van der Waals surface area contributed by atoms with Gasteiger partial charge in [0.15, 0.2) is 11.5 Å². The maximum atomic E-state index is 5.32. The molecule has 0 fully saturated rings. The molecule has 27 heavy (non-hydrogen) atoms. The Kier molecular flexibility index (Phi) is 2.73. The van der Waals surface area contributed by atoms with Gasteiger partial charge in [0.05, 0.1) is 23.8 Å². The van der Waals surface area contributed by atoms with Crippen molar-refractivity contribution < 1.29 is 4.42 Å². The highest BCUT2D eigenvalue weighted by Crippen LogP contribution is 2.25. The number of pyridine rings is 2. The van der Waals surface area contributed by atoms with Crippen LogP contribution in [0.3, 0.4) is 0 Å². The summed E-state index contributed by atoms with van der Waals surface area (Å²) in [4.78, 5) is 28.9. The van der Waals surface area contributed by atoms with E-state index in [4.69, 9.17) is 9.40 Å². The van der Waals surface area contributed by atoms with Crippen molar-refractivity contribution in [2.45, 2.75) is 0 Å². The highest BCUT2D eigenvalue weighted by atomic mass is 16.3. The van der Waals surface area contributed by atoms with Gasteiger partial charge in [-0.3, -0.25) is 0 Å². The van der Waals surface area contributed by atoms with E-state index < -0.39 is 0 Å². The highest BCUT2D eigenvalue weighted by Gasteiger charge is 2.12. The molecular formula is C19H11N7O. The van der Waals surface area contributed by atoms with Gasteiger partial charge in [-0.15, -0.1) is 0 Å². The van der Waals surface area contributed by atoms with Gasteiger partial charge in [-0.2, -0.15) is 0 Å². The molecule has 0 aliphatic heterocycles. The third-order valence-corrected chi connectivity index (χ3v) is 4.43. The van der Waals surface area contributed by atoms with Gasteiger partial charge in [-0.05, 0) is 30.3 Å². The van der Waals surface area contributed by atoms with Gasteiger partial charge in [0.2, 0.25) is 5.71 Å². The van der Waals surface area contributed by atoms with E-state index >= 15 is 0 Å². The van der Waals surface area contributed by atoms with Crippen molar-refractivity contribution in [3.63, 3.8) is 0 Å². The molecule has 0 bridgehead atoms. The Morgan fingerprint density at radius 1 is 0.815 bits per heavy atom. The summed E-state index contributed by atoms with van der Waals surface area (Å²) in [6.07, 6.45) is 4.99. The highest BCUT2D eigenvalue weighted by molar-refractivity contribution is 5.84. The van der Waals surface area contributed by atoms with Crippen molar-refractivity contribution in [3.8, 4) is 22.9 Å². The normalized spacial score (nSPS) is 11.7. The summed E-state index contributed by atoms with van der Waals surface area (Å²) >= 11 is 0. The summed E-state index contributed by atoms with van der Waals surface area (Å²) < 4.78 is 5.32. The van der Waals surface area contributed by atoms with Crippen LogP contribution in [0.4, 0.5) is 0 Å². The lowest BCUT2D eigenvalue weighted by molar-refractivity contribution is 0.603. The van der Waals surface area contributed by atoms with Crippen LogP contribution in [0.5, 0.6) is 0 Å². The number of H-pyrrole nitrogens is 2. The topological polar surface area (TPSA) is 109 Å². The fraction of sp³-hybridized carbons (Fsp3) is 0. The van der Waals surface area contributed by atoms with Gasteiger partial charge in [-0.1, -0.05) is 0 Å². The Bertz CT molecular complexity index is 1410. The minimum absolute atomic E-state index is 0.479. The molecule has 0 amide bonds. The fourth-order valence-corrected chi connectivity index (χ4v) is 3.12. The average Bonchev–Trinajstić information content (AvgIpc) is 3.42. The number of imidazole rings is 1. The second kappa shape index (κ2) is 5.21. The van der Waals surface area contributed by atoms with Gasteiger partial charge in [0.1, 0.15) is 22.4 Å². The average molecular weight is 353 g/mol. The van der Waals surface area contributed by atoms with Gasteiger partial charge in [0, 0.05) is 17.6 Å². The first kappa shape index (κ1) is 14.1. The van der Waals surface area contributed by atoms with E-state index in [-0.39, 0.29) is 0 Å². The molecule has 0 spiro atoms. The summed E-state index contributed by atoms with van der Waals surface area (Å²) in [6.45, 7) is 0. The second-order valence-corrected chi connectivity index (χ2v) is 6.14. The molecule has 0 aliphatic rings. The lowest BCUT2D eigenvalue weighted by Crippen LogP contribution is -1.88. The predicted molar refractivity (Wildman–Crippen MR) is 99.8 cm³/mol. The van der Waals surface area contributed by atoms with Crippen molar-refractivity contribution in [2.75, 3.05) is 0 Å². The van der Waals surface area contributed by atoms with Crippen LogP contribution >= 0.6 is 0 Å². The lowest BCUT2D eigenvalue weighted by atomic mass is 10.2. The third kappa shape index (κ3) is 2.20. The van der Waals surface area contributed by atoms with E-state index in [2.05, 4.69) is 29.9 Å². The third-order valence-electron chi connectivity index (χ3n) is 4.43. The Hall–Kier alpha value is -4.07. The van der Waals surface area contributed by atoms with Gasteiger partial charge in [-0.25, -0.2) is 24.9 Å². The van der Waals surface area contributed by atoms with Crippen molar-refractivity contribution in [2.24, 2.45) is 0 Å². The van der Waals surface area contributed by atoms with E-state index in [0.29, 0.717) is 28.4 Å². The van der Waals surface area contributed by atoms with Crippen molar-refractivity contribution in [1.29, 1.82) is 0 Å². The van der Waals surface area contributed by atoms with Crippen LogP contribution in [0, 0.1) is 0 Å². The molecule has 128 valence electrons. The van der Waals surface area contributed by atoms with Crippen LogP contribution in [0.15, 0.2) is 59.5 Å². The quantitative estimate of drug-likeness (QED) is 0.491. The summed E-state index contributed by atoms with van der Waals surface area (Å²) in [6, 6.07) is 11.6. The van der Waals surface area contributed by atoms with Crippen molar-refractivity contribution >= 4 is 33.4 Å². The number of aromatic nitrogens is 7. The lowest BCUT2D eigenvalue weighted by Gasteiger charge is -1.96. The largest absolute Gasteiger partial charge is 0.445 e. The molecule has 0 saturated carbocycles. The Morgan fingerprint density at radius 3 is 2.78 bits per heavy atom. The van der Waals surface area contributed by atoms with Crippen LogP contribution < -0.4 is 0 Å². The first-order chi connectivity index (χ1) is 13.3. The van der Waals surface area contributed by atoms with Crippen molar-refractivity contribution in [3.05, 3.63) is 55.1 Å². The summed E-state index contributed by atoms with van der Waals surface area (Å²) in [5.74, 6) is 0.596. The van der Waals surface area contributed by atoms with Gasteiger partial charge >= 0.3 is 0 Å². The number of nitrogens with one attached hydrogen (secondary N) is 2. The molecule has 0 atom stereocenters. The van der Waals surface area contributed by atoms with E-state index in [1.54, 1.807) is 24.7 Å². The van der Waals surface area contributed by atoms with Crippen LogP contribution in [0.1, 0.15) is 0 Å². The number of hydrogen-bond acceptors (Lipinski definition) is 6. The van der Waals surface area contributed by atoms with E-state index in [0.717, 1.165) is 27.9 Å².